The molecule has 0 saturated carbocycles. The normalized spacial score (nSPS) is 10.3. The van der Waals surface area contributed by atoms with Crippen LogP contribution < -0.4 is 0 Å². The van der Waals surface area contributed by atoms with E-state index in [2.05, 4.69) is 12.0 Å². The number of rotatable bonds is 5. The van der Waals surface area contributed by atoms with E-state index < -0.39 is 0 Å². The number of aromatic nitrogens is 2. The van der Waals surface area contributed by atoms with Crippen molar-refractivity contribution in [1.29, 1.82) is 0 Å². The van der Waals surface area contributed by atoms with Crippen LogP contribution in [0, 0.1) is 0 Å². The van der Waals surface area contributed by atoms with Gasteiger partial charge in [0.1, 0.15) is 11.7 Å². The fraction of sp³-hybridized carbons (Fsp3) is 0.600. The minimum Gasteiger partial charge on any atom is -0.465 e. The van der Waals surface area contributed by atoms with Crippen LogP contribution in [0.15, 0.2) is 6.07 Å². The lowest BCUT2D eigenvalue weighted by Crippen LogP contribution is -2.14. The Kier molecular flexibility index (Phi) is 4.62. The Morgan fingerprint density at radius 2 is 2.33 bits per heavy atom. The summed E-state index contributed by atoms with van der Waals surface area (Å²) in [6.45, 7) is 4.29. The Bertz CT molecular complexity index is 336. The van der Waals surface area contributed by atoms with E-state index in [-0.39, 0.29) is 12.5 Å². The Balaban J connectivity index is 2.64. The lowest BCUT2D eigenvalue weighted by atomic mass is 10.3. The predicted octanol–water partition coefficient (Wildman–Crippen LogP) is 2.05. The molecule has 0 aliphatic rings. The number of esters is 1. The minimum atomic E-state index is -0.314. The number of carbonyl (C=O) groups excluding carboxylic acids is 1. The van der Waals surface area contributed by atoms with Gasteiger partial charge in [0.15, 0.2) is 0 Å². The number of carbonyl (C=O) groups is 1. The molecular weight excluding hydrogens is 216 g/mol. The maximum atomic E-state index is 11.2. The van der Waals surface area contributed by atoms with Crippen molar-refractivity contribution in [1.82, 2.24) is 9.78 Å². The first-order chi connectivity index (χ1) is 7.17. The predicted molar refractivity (Wildman–Crippen MR) is 57.9 cm³/mol. The molecule has 0 fully saturated rings. The standard InChI is InChI=1S/C10H15ClN2O2/c1-3-5-8-6-9(11)13(12-8)7-10(14)15-4-2/h6H,3-5,7H2,1-2H3. The Morgan fingerprint density at radius 1 is 1.60 bits per heavy atom. The van der Waals surface area contributed by atoms with E-state index in [1.54, 1.807) is 13.0 Å². The van der Waals surface area contributed by atoms with Crippen molar-refractivity contribution in [3.05, 3.63) is 16.9 Å². The van der Waals surface area contributed by atoms with Crippen LogP contribution in [0.5, 0.6) is 0 Å². The smallest absolute Gasteiger partial charge is 0.327 e. The molecule has 1 heterocycles. The molecule has 0 aromatic carbocycles. The summed E-state index contributed by atoms with van der Waals surface area (Å²) in [5.74, 6) is -0.314. The van der Waals surface area contributed by atoms with Crippen LogP contribution in [-0.2, 0) is 22.5 Å². The van der Waals surface area contributed by atoms with Crippen molar-refractivity contribution < 1.29 is 9.53 Å². The molecule has 0 bridgehead atoms. The number of hydrogen-bond acceptors (Lipinski definition) is 3. The molecule has 5 heteroatoms. The summed E-state index contributed by atoms with van der Waals surface area (Å²) in [6, 6.07) is 1.78. The average Bonchev–Trinajstić information content (AvgIpc) is 2.48. The fourth-order valence-corrected chi connectivity index (χ4v) is 1.49. The second-order valence-corrected chi connectivity index (χ2v) is 3.56. The van der Waals surface area contributed by atoms with Gasteiger partial charge in [0, 0.05) is 0 Å². The number of hydrogen-bond donors (Lipinski definition) is 0. The SMILES string of the molecule is CCCc1cc(Cl)n(CC(=O)OCC)n1. The summed E-state index contributed by atoms with van der Waals surface area (Å²) in [5, 5.41) is 4.68. The fourth-order valence-electron chi connectivity index (χ4n) is 1.26. The van der Waals surface area contributed by atoms with Gasteiger partial charge in [-0.15, -0.1) is 0 Å². The van der Waals surface area contributed by atoms with Crippen molar-refractivity contribution >= 4 is 17.6 Å². The maximum Gasteiger partial charge on any atom is 0.327 e. The lowest BCUT2D eigenvalue weighted by molar-refractivity contribution is -0.144. The Morgan fingerprint density at radius 3 is 2.93 bits per heavy atom. The third kappa shape index (κ3) is 3.55. The van der Waals surface area contributed by atoms with Gasteiger partial charge in [0.2, 0.25) is 0 Å². The number of aryl methyl sites for hydroxylation is 1. The molecule has 0 aliphatic carbocycles. The van der Waals surface area contributed by atoms with Gasteiger partial charge in [-0.1, -0.05) is 24.9 Å². The van der Waals surface area contributed by atoms with E-state index in [4.69, 9.17) is 16.3 Å². The monoisotopic (exact) mass is 230 g/mol. The van der Waals surface area contributed by atoms with Crippen LogP contribution in [0.25, 0.3) is 0 Å². The van der Waals surface area contributed by atoms with Gasteiger partial charge < -0.3 is 4.74 Å². The van der Waals surface area contributed by atoms with Gasteiger partial charge >= 0.3 is 5.97 Å². The molecule has 84 valence electrons. The first kappa shape index (κ1) is 12.0. The van der Waals surface area contributed by atoms with Crippen LogP contribution in [0.1, 0.15) is 26.0 Å². The van der Waals surface area contributed by atoms with Crippen molar-refractivity contribution in [3.8, 4) is 0 Å². The lowest BCUT2D eigenvalue weighted by Gasteiger charge is -2.02. The highest BCUT2D eigenvalue weighted by molar-refractivity contribution is 6.29. The summed E-state index contributed by atoms with van der Waals surface area (Å²) in [6.07, 6.45) is 1.88. The second-order valence-electron chi connectivity index (χ2n) is 3.17. The zero-order valence-corrected chi connectivity index (χ0v) is 9.75. The highest BCUT2D eigenvalue weighted by Gasteiger charge is 2.09. The van der Waals surface area contributed by atoms with Gasteiger partial charge in [-0.3, -0.25) is 4.79 Å². The molecule has 4 nitrogen and oxygen atoms in total. The highest BCUT2D eigenvalue weighted by Crippen LogP contribution is 2.12. The highest BCUT2D eigenvalue weighted by atomic mass is 35.5. The molecular formula is C10H15ClN2O2. The Hall–Kier alpha value is -1.03. The molecule has 0 atom stereocenters. The topological polar surface area (TPSA) is 44.1 Å². The third-order valence-electron chi connectivity index (χ3n) is 1.87. The second kappa shape index (κ2) is 5.75. The van der Waals surface area contributed by atoms with E-state index in [0.717, 1.165) is 18.5 Å². The van der Waals surface area contributed by atoms with Crippen LogP contribution in [-0.4, -0.2) is 22.4 Å². The molecule has 0 amide bonds. The average molecular weight is 231 g/mol. The van der Waals surface area contributed by atoms with Crippen LogP contribution >= 0.6 is 11.6 Å². The summed E-state index contributed by atoms with van der Waals surface area (Å²) in [7, 11) is 0. The molecule has 0 unspecified atom stereocenters. The van der Waals surface area contributed by atoms with Crippen LogP contribution in [0.3, 0.4) is 0 Å². The van der Waals surface area contributed by atoms with Gasteiger partial charge in [-0.25, -0.2) is 4.68 Å². The molecule has 1 aromatic rings. The van der Waals surface area contributed by atoms with Crippen molar-refractivity contribution in [3.63, 3.8) is 0 Å². The molecule has 1 rings (SSSR count). The summed E-state index contributed by atoms with van der Waals surface area (Å²) in [4.78, 5) is 11.2. The van der Waals surface area contributed by atoms with Crippen molar-refractivity contribution in [2.45, 2.75) is 33.2 Å². The first-order valence-electron chi connectivity index (χ1n) is 5.05. The zero-order valence-electron chi connectivity index (χ0n) is 8.99. The first-order valence-corrected chi connectivity index (χ1v) is 5.43. The van der Waals surface area contributed by atoms with Gasteiger partial charge in [0.05, 0.1) is 12.3 Å². The molecule has 15 heavy (non-hydrogen) atoms. The van der Waals surface area contributed by atoms with E-state index >= 15 is 0 Å². The summed E-state index contributed by atoms with van der Waals surface area (Å²) in [5.41, 5.74) is 0.909. The maximum absolute atomic E-state index is 11.2. The van der Waals surface area contributed by atoms with E-state index in [1.807, 2.05) is 0 Å². The molecule has 0 N–H and O–H groups in total. The van der Waals surface area contributed by atoms with Crippen LogP contribution in [0.4, 0.5) is 0 Å². The van der Waals surface area contributed by atoms with Crippen LogP contribution in [0.2, 0.25) is 5.15 Å². The molecule has 0 aliphatic heterocycles. The van der Waals surface area contributed by atoms with E-state index in [1.165, 1.54) is 4.68 Å². The third-order valence-corrected chi connectivity index (χ3v) is 2.18. The molecule has 0 spiro atoms. The minimum absolute atomic E-state index is 0.0797. The molecule has 1 aromatic heterocycles. The summed E-state index contributed by atoms with van der Waals surface area (Å²) >= 11 is 5.92. The number of halogens is 1. The van der Waals surface area contributed by atoms with Gasteiger partial charge in [-0.2, -0.15) is 5.10 Å². The number of ether oxygens (including phenoxy) is 1. The quantitative estimate of drug-likeness (QED) is 0.728. The van der Waals surface area contributed by atoms with E-state index in [9.17, 15) is 4.79 Å². The van der Waals surface area contributed by atoms with Crippen molar-refractivity contribution in [2.75, 3.05) is 6.61 Å². The molecule has 0 saturated heterocycles. The summed E-state index contributed by atoms with van der Waals surface area (Å²) < 4.78 is 6.27. The zero-order chi connectivity index (χ0) is 11.3. The largest absolute Gasteiger partial charge is 0.465 e. The van der Waals surface area contributed by atoms with Gasteiger partial charge in [0.25, 0.3) is 0 Å². The molecule has 0 radical (unpaired) electrons. The Labute approximate surface area is 94.2 Å². The van der Waals surface area contributed by atoms with Crippen molar-refractivity contribution in [2.24, 2.45) is 0 Å². The number of nitrogens with zero attached hydrogens (tertiary/aromatic N) is 2. The van der Waals surface area contributed by atoms with E-state index in [0.29, 0.717) is 11.8 Å². The van der Waals surface area contributed by atoms with Gasteiger partial charge in [-0.05, 0) is 19.4 Å².